The number of thiophene rings is 1. The van der Waals surface area contributed by atoms with Gasteiger partial charge >= 0.3 is 6.09 Å². The van der Waals surface area contributed by atoms with Gasteiger partial charge in [-0.1, -0.05) is 13.8 Å². The van der Waals surface area contributed by atoms with Crippen LogP contribution in [-0.4, -0.2) is 68.8 Å². The topological polar surface area (TPSA) is 125 Å². The van der Waals surface area contributed by atoms with Gasteiger partial charge < -0.3 is 15.0 Å². The van der Waals surface area contributed by atoms with Crippen LogP contribution in [0.1, 0.15) is 58.3 Å². The molecule has 2 atom stereocenters. The molecule has 0 radical (unpaired) electrons. The van der Waals surface area contributed by atoms with E-state index in [9.17, 15) is 22.8 Å². The molecule has 2 aromatic rings. The number of rotatable bonds is 6. The zero-order valence-corrected chi connectivity index (χ0v) is 23.7. The number of carbonyl (C=O) groups excluding carboxylic acids is 3. The summed E-state index contributed by atoms with van der Waals surface area (Å²) < 4.78 is 32.7. The fourth-order valence-electron chi connectivity index (χ4n) is 5.09. The Morgan fingerprint density at radius 3 is 2.37 bits per heavy atom. The Bertz CT molecular complexity index is 1310. The highest BCUT2D eigenvalue weighted by Gasteiger charge is 2.32. The van der Waals surface area contributed by atoms with Crippen molar-refractivity contribution in [3.05, 3.63) is 45.8 Å². The van der Waals surface area contributed by atoms with Crippen LogP contribution in [-0.2, 0) is 27.7 Å². The molecule has 1 fully saturated rings. The van der Waals surface area contributed by atoms with Crippen LogP contribution in [0.15, 0.2) is 29.2 Å². The monoisotopic (exact) mass is 562 g/mol. The van der Waals surface area contributed by atoms with Crippen molar-refractivity contribution >= 4 is 44.3 Å². The van der Waals surface area contributed by atoms with Crippen molar-refractivity contribution in [2.75, 3.05) is 38.6 Å². The van der Waals surface area contributed by atoms with Crippen molar-refractivity contribution in [1.82, 2.24) is 14.5 Å². The molecule has 2 unspecified atom stereocenters. The molecule has 2 aliphatic rings. The fraction of sp³-hybridized carbons (Fsp3) is 0.500. The second kappa shape index (κ2) is 11.5. The molecular formula is C26H34N4O6S2. The Morgan fingerprint density at radius 2 is 1.74 bits per heavy atom. The number of piperidine rings is 1. The van der Waals surface area contributed by atoms with E-state index in [4.69, 9.17) is 4.74 Å². The first kappa shape index (κ1) is 28.2. The Kier molecular flexibility index (Phi) is 8.55. The summed E-state index contributed by atoms with van der Waals surface area (Å²) in [6.45, 7) is 8.17. The minimum absolute atomic E-state index is 0.122. The zero-order chi connectivity index (χ0) is 27.6. The normalized spacial score (nSPS) is 20.4. The molecule has 3 amide bonds. The lowest BCUT2D eigenvalue weighted by molar-refractivity contribution is 0.0924. The van der Waals surface area contributed by atoms with E-state index in [2.05, 4.69) is 15.5 Å². The van der Waals surface area contributed by atoms with Gasteiger partial charge in [-0.05, 0) is 68.5 Å². The summed E-state index contributed by atoms with van der Waals surface area (Å²) in [6, 6.07) is 5.82. The van der Waals surface area contributed by atoms with Gasteiger partial charge in [-0.3, -0.25) is 14.9 Å². The third-order valence-corrected chi connectivity index (χ3v) is 9.76. The average molecular weight is 563 g/mol. The van der Waals surface area contributed by atoms with E-state index in [-0.39, 0.29) is 34.5 Å². The van der Waals surface area contributed by atoms with Gasteiger partial charge in [-0.2, -0.15) is 4.31 Å². The van der Waals surface area contributed by atoms with Crippen LogP contribution in [0.25, 0.3) is 0 Å². The lowest BCUT2D eigenvalue weighted by Crippen LogP contribution is -2.42. The van der Waals surface area contributed by atoms with E-state index in [1.807, 2.05) is 20.9 Å². The Balaban J connectivity index is 1.55. The number of amides is 3. The van der Waals surface area contributed by atoms with E-state index >= 15 is 0 Å². The van der Waals surface area contributed by atoms with Crippen molar-refractivity contribution < 1.29 is 27.5 Å². The molecule has 0 spiro atoms. The number of nitrogens with one attached hydrogen (secondary N) is 2. The molecule has 0 saturated carbocycles. The van der Waals surface area contributed by atoms with Crippen LogP contribution < -0.4 is 10.6 Å². The van der Waals surface area contributed by atoms with Gasteiger partial charge in [0.2, 0.25) is 10.0 Å². The van der Waals surface area contributed by atoms with Crippen LogP contribution in [0.2, 0.25) is 0 Å². The second-order valence-electron chi connectivity index (χ2n) is 10.1. The summed E-state index contributed by atoms with van der Waals surface area (Å²) in [4.78, 5) is 41.2. The number of hydrogen-bond donors (Lipinski definition) is 2. The summed E-state index contributed by atoms with van der Waals surface area (Å²) in [5.41, 5.74) is 1.31. The van der Waals surface area contributed by atoms with Gasteiger partial charge in [0, 0.05) is 36.6 Å². The molecule has 206 valence electrons. The van der Waals surface area contributed by atoms with Crippen LogP contribution >= 0.6 is 11.3 Å². The number of likely N-dealkylation sites (N-methyl/N-ethyl adjacent to an activating group) is 1. The highest BCUT2D eigenvalue weighted by molar-refractivity contribution is 7.89. The van der Waals surface area contributed by atoms with Crippen LogP contribution in [0.3, 0.4) is 0 Å². The number of carbonyl (C=O) groups is 3. The van der Waals surface area contributed by atoms with Gasteiger partial charge in [-0.15, -0.1) is 11.3 Å². The molecule has 3 heterocycles. The third kappa shape index (κ3) is 6.09. The predicted molar refractivity (Wildman–Crippen MR) is 145 cm³/mol. The minimum atomic E-state index is -3.67. The van der Waals surface area contributed by atoms with Crippen LogP contribution in [0, 0.1) is 11.8 Å². The number of fused-ring (bicyclic) bond motifs is 1. The first-order valence-electron chi connectivity index (χ1n) is 12.7. The van der Waals surface area contributed by atoms with Gasteiger partial charge in [-0.25, -0.2) is 13.2 Å². The van der Waals surface area contributed by atoms with Crippen molar-refractivity contribution in [2.24, 2.45) is 11.8 Å². The average Bonchev–Trinajstić information content (AvgIpc) is 3.20. The lowest BCUT2D eigenvalue weighted by Gasteiger charge is -2.34. The first-order chi connectivity index (χ1) is 18.0. The van der Waals surface area contributed by atoms with E-state index in [0.29, 0.717) is 31.1 Å². The Hall–Kier alpha value is -2.80. The van der Waals surface area contributed by atoms with Gasteiger partial charge in [0.1, 0.15) is 5.00 Å². The molecule has 38 heavy (non-hydrogen) atoms. The Labute approximate surface area is 227 Å². The smallest absolute Gasteiger partial charge is 0.414 e. The highest BCUT2D eigenvalue weighted by Crippen LogP contribution is 2.37. The number of benzene rings is 1. The van der Waals surface area contributed by atoms with Crippen LogP contribution in [0.4, 0.5) is 9.80 Å². The van der Waals surface area contributed by atoms with E-state index in [1.54, 1.807) is 6.92 Å². The SMILES string of the molecule is CCOC(=O)NC(=O)c1c(NC(=O)c2ccc(S(=O)(=O)N3CC(C)CC(C)C3)cc2)sc2c1CCN(C)C2. The van der Waals surface area contributed by atoms with Crippen LogP contribution in [0.5, 0.6) is 0 Å². The summed E-state index contributed by atoms with van der Waals surface area (Å²) in [7, 11) is -1.70. The molecule has 12 heteroatoms. The number of hydrogen-bond acceptors (Lipinski definition) is 8. The van der Waals surface area contributed by atoms with E-state index < -0.39 is 27.9 Å². The van der Waals surface area contributed by atoms with Crippen molar-refractivity contribution in [3.8, 4) is 0 Å². The molecule has 0 bridgehead atoms. The fourth-order valence-corrected chi connectivity index (χ4v) is 8.09. The van der Waals surface area contributed by atoms with Gasteiger partial charge in [0.25, 0.3) is 11.8 Å². The maximum Gasteiger partial charge on any atom is 0.414 e. The first-order valence-corrected chi connectivity index (χ1v) is 15.0. The van der Waals surface area contributed by atoms with Crippen molar-refractivity contribution in [2.45, 2.75) is 45.1 Å². The highest BCUT2D eigenvalue weighted by atomic mass is 32.2. The molecule has 1 aromatic carbocycles. The number of ether oxygens (including phenoxy) is 1. The number of sulfonamides is 1. The summed E-state index contributed by atoms with van der Waals surface area (Å²) in [5.74, 6) is -0.547. The molecule has 1 aromatic heterocycles. The van der Waals surface area contributed by atoms with E-state index in [0.717, 1.165) is 23.4 Å². The molecule has 1 saturated heterocycles. The number of anilines is 1. The van der Waals surface area contributed by atoms with E-state index in [1.165, 1.54) is 39.9 Å². The maximum absolute atomic E-state index is 13.2. The van der Waals surface area contributed by atoms with Gasteiger partial charge in [0.05, 0.1) is 17.1 Å². The molecule has 4 rings (SSSR count). The summed E-state index contributed by atoms with van der Waals surface area (Å²) in [5, 5.41) is 5.37. The number of imide groups is 1. The number of alkyl carbamates (subject to hydrolysis) is 1. The third-order valence-electron chi connectivity index (χ3n) is 6.78. The predicted octanol–water partition coefficient (Wildman–Crippen LogP) is 3.54. The lowest BCUT2D eigenvalue weighted by atomic mass is 9.94. The molecule has 10 nitrogen and oxygen atoms in total. The summed E-state index contributed by atoms with van der Waals surface area (Å²) in [6.07, 6.45) is 0.745. The quantitative estimate of drug-likeness (QED) is 0.552. The molecule has 2 N–H and O–H groups in total. The molecular weight excluding hydrogens is 528 g/mol. The van der Waals surface area contributed by atoms with Gasteiger partial charge in [0.15, 0.2) is 0 Å². The number of nitrogens with zero attached hydrogens (tertiary/aromatic N) is 2. The minimum Gasteiger partial charge on any atom is -0.450 e. The van der Waals surface area contributed by atoms with Crippen molar-refractivity contribution in [1.29, 1.82) is 0 Å². The van der Waals surface area contributed by atoms with Crippen molar-refractivity contribution in [3.63, 3.8) is 0 Å². The summed E-state index contributed by atoms with van der Waals surface area (Å²) >= 11 is 1.29. The molecule has 2 aliphatic heterocycles. The second-order valence-corrected chi connectivity index (χ2v) is 13.2. The maximum atomic E-state index is 13.2. The zero-order valence-electron chi connectivity index (χ0n) is 22.1. The standard InChI is InChI=1S/C26H34N4O6S2/c1-5-36-26(33)28-24(32)22-20-10-11-29(4)15-21(20)37-25(22)27-23(31)18-6-8-19(9-7-18)38(34,35)30-13-16(2)12-17(3)14-30/h6-9,16-17H,5,10-15H2,1-4H3,(H,27,31)(H,28,32,33). The Morgan fingerprint density at radius 1 is 1.08 bits per heavy atom. The molecule has 0 aliphatic carbocycles. The largest absolute Gasteiger partial charge is 0.450 e.